The third kappa shape index (κ3) is 1.77. The second-order valence-electron chi connectivity index (χ2n) is 1.73. The van der Waals surface area contributed by atoms with Gasteiger partial charge in [-0.25, -0.2) is 5.48 Å². The highest BCUT2D eigenvalue weighted by atomic mass is 16.6. The summed E-state index contributed by atoms with van der Waals surface area (Å²) < 4.78 is 0. The molecule has 0 saturated carbocycles. The molecule has 2 N–H and O–H groups in total. The highest BCUT2D eigenvalue weighted by Gasteiger charge is 1.93. The molecule has 0 bridgehead atoms. The predicted octanol–water partition coefficient (Wildman–Crippen LogP) is 0.301. The second kappa shape index (κ2) is 3.14. The first kappa shape index (κ1) is 6.16. The molecule has 1 aliphatic rings. The van der Waals surface area contributed by atoms with Gasteiger partial charge in [-0.2, -0.15) is 0 Å². The van der Waals surface area contributed by atoms with Crippen molar-refractivity contribution < 1.29 is 9.94 Å². The van der Waals surface area contributed by atoms with Crippen LogP contribution in [0.3, 0.4) is 0 Å². The van der Waals surface area contributed by atoms with Gasteiger partial charge >= 0.3 is 0 Å². The summed E-state index contributed by atoms with van der Waals surface area (Å²) in [5.74, 6) is 0. The molecule has 50 valence electrons. The van der Waals surface area contributed by atoms with Gasteiger partial charge < -0.3 is 9.94 Å². The number of aliphatic hydroxyl groups is 1. The zero-order valence-electron chi connectivity index (χ0n) is 5.00. The van der Waals surface area contributed by atoms with Crippen LogP contribution >= 0.6 is 0 Å². The zero-order chi connectivity index (χ0) is 6.53. The van der Waals surface area contributed by atoms with Crippen LogP contribution in [0.2, 0.25) is 0 Å². The van der Waals surface area contributed by atoms with Gasteiger partial charge in [0, 0.05) is 12.8 Å². The smallest absolute Gasteiger partial charge is 0.119 e. The van der Waals surface area contributed by atoms with Crippen molar-refractivity contribution in [2.75, 3.05) is 6.61 Å². The van der Waals surface area contributed by atoms with E-state index in [1.165, 1.54) is 0 Å². The quantitative estimate of drug-likeness (QED) is 0.560. The highest BCUT2D eigenvalue weighted by Crippen LogP contribution is 2.03. The molecule has 1 heterocycles. The first-order chi connectivity index (χ1) is 4.43. The molecule has 0 amide bonds. The van der Waals surface area contributed by atoms with Gasteiger partial charge in [-0.05, 0) is 18.1 Å². The molecule has 0 spiro atoms. The maximum atomic E-state index is 8.48. The van der Waals surface area contributed by atoms with Crippen LogP contribution in [0, 0.1) is 0 Å². The lowest BCUT2D eigenvalue weighted by atomic mass is 10.2. The molecule has 0 aliphatic carbocycles. The van der Waals surface area contributed by atoms with E-state index in [0.29, 0.717) is 6.42 Å². The number of allylic oxidation sites excluding steroid dienone is 1. The maximum absolute atomic E-state index is 8.48. The maximum Gasteiger partial charge on any atom is 0.119 e. The summed E-state index contributed by atoms with van der Waals surface area (Å²) in [4.78, 5) is 4.66. The summed E-state index contributed by atoms with van der Waals surface area (Å²) in [7, 11) is 0. The first-order valence-electron chi connectivity index (χ1n) is 2.81. The molecule has 0 saturated heterocycles. The van der Waals surface area contributed by atoms with E-state index >= 15 is 0 Å². The standard InChI is InChI=1S/C6H9NO2/c8-3-1-6-2-4-9-7-5-6/h2,4-5,7-8H,1,3H2. The molecule has 0 radical (unpaired) electrons. The van der Waals surface area contributed by atoms with Crippen LogP contribution in [0.4, 0.5) is 0 Å². The van der Waals surface area contributed by atoms with Crippen LogP contribution < -0.4 is 5.48 Å². The molecule has 0 aromatic carbocycles. The highest BCUT2D eigenvalue weighted by molar-refractivity contribution is 5.17. The number of nitrogens with one attached hydrogen (secondary N) is 1. The van der Waals surface area contributed by atoms with E-state index in [1.54, 1.807) is 12.5 Å². The average Bonchev–Trinajstić information content (AvgIpc) is 1.91. The molecule has 9 heavy (non-hydrogen) atoms. The van der Waals surface area contributed by atoms with Crippen molar-refractivity contribution >= 4 is 0 Å². The van der Waals surface area contributed by atoms with Crippen molar-refractivity contribution in [3.05, 3.63) is 24.1 Å². The second-order valence-corrected chi connectivity index (χ2v) is 1.73. The zero-order valence-corrected chi connectivity index (χ0v) is 5.00. The lowest BCUT2D eigenvalue weighted by Gasteiger charge is -2.06. The molecule has 0 fully saturated rings. The van der Waals surface area contributed by atoms with E-state index in [2.05, 4.69) is 10.3 Å². The number of hydroxylamine groups is 1. The Morgan fingerprint density at radius 3 is 3.11 bits per heavy atom. The van der Waals surface area contributed by atoms with Gasteiger partial charge in [-0.15, -0.1) is 0 Å². The SMILES string of the molecule is OCCC1=CNOC=C1. The largest absolute Gasteiger partial charge is 0.396 e. The van der Waals surface area contributed by atoms with Crippen LogP contribution in [-0.2, 0) is 4.84 Å². The summed E-state index contributed by atoms with van der Waals surface area (Å²) in [6, 6.07) is 0. The van der Waals surface area contributed by atoms with Crippen molar-refractivity contribution in [3.63, 3.8) is 0 Å². The molecular formula is C6H9NO2. The molecule has 0 aromatic heterocycles. The lowest BCUT2D eigenvalue weighted by molar-refractivity contribution is 0.169. The molecule has 0 atom stereocenters. The summed E-state index contributed by atoms with van der Waals surface area (Å²) in [5, 5.41) is 8.48. The van der Waals surface area contributed by atoms with Gasteiger partial charge in [0.05, 0.1) is 0 Å². The average molecular weight is 127 g/mol. The topological polar surface area (TPSA) is 41.5 Å². The minimum absolute atomic E-state index is 0.178. The predicted molar refractivity (Wildman–Crippen MR) is 33.1 cm³/mol. The van der Waals surface area contributed by atoms with Gasteiger partial charge in [0.25, 0.3) is 0 Å². The Hall–Kier alpha value is -0.960. The van der Waals surface area contributed by atoms with E-state index in [0.717, 1.165) is 5.57 Å². The van der Waals surface area contributed by atoms with Gasteiger partial charge in [0.15, 0.2) is 0 Å². The van der Waals surface area contributed by atoms with Crippen LogP contribution in [0.25, 0.3) is 0 Å². The Labute approximate surface area is 53.6 Å². The van der Waals surface area contributed by atoms with Crippen molar-refractivity contribution in [2.45, 2.75) is 6.42 Å². The minimum Gasteiger partial charge on any atom is -0.396 e. The molecule has 3 heteroatoms. The van der Waals surface area contributed by atoms with E-state index in [4.69, 9.17) is 5.11 Å². The Morgan fingerprint density at radius 2 is 2.56 bits per heavy atom. The van der Waals surface area contributed by atoms with Crippen LogP contribution in [0.15, 0.2) is 24.1 Å². The van der Waals surface area contributed by atoms with Gasteiger partial charge in [0.2, 0.25) is 0 Å². The molecule has 3 nitrogen and oxygen atoms in total. The lowest BCUT2D eigenvalue weighted by Crippen LogP contribution is -2.06. The molecular weight excluding hydrogens is 118 g/mol. The fourth-order valence-corrected chi connectivity index (χ4v) is 0.603. The van der Waals surface area contributed by atoms with Gasteiger partial charge in [-0.3, -0.25) is 0 Å². The summed E-state index contributed by atoms with van der Waals surface area (Å²) in [6.07, 6.45) is 5.75. The van der Waals surface area contributed by atoms with Gasteiger partial charge in [0.1, 0.15) is 6.26 Å². The van der Waals surface area contributed by atoms with Crippen LogP contribution in [0.5, 0.6) is 0 Å². The number of rotatable bonds is 2. The van der Waals surface area contributed by atoms with Crippen molar-refractivity contribution in [1.29, 1.82) is 0 Å². The van der Waals surface area contributed by atoms with Crippen molar-refractivity contribution in [2.24, 2.45) is 0 Å². The fourth-order valence-electron chi connectivity index (χ4n) is 0.603. The Balaban J connectivity index is 2.38. The molecule has 1 aliphatic heterocycles. The fraction of sp³-hybridized carbons (Fsp3) is 0.333. The van der Waals surface area contributed by atoms with E-state index in [1.807, 2.05) is 6.08 Å². The van der Waals surface area contributed by atoms with E-state index < -0.39 is 0 Å². The third-order valence-corrected chi connectivity index (χ3v) is 1.06. The molecule has 0 unspecified atom stereocenters. The van der Waals surface area contributed by atoms with E-state index in [-0.39, 0.29) is 6.61 Å². The third-order valence-electron chi connectivity index (χ3n) is 1.06. The first-order valence-corrected chi connectivity index (χ1v) is 2.81. The summed E-state index contributed by atoms with van der Waals surface area (Å²) in [6.45, 7) is 0.178. The van der Waals surface area contributed by atoms with Crippen LogP contribution in [-0.4, -0.2) is 11.7 Å². The summed E-state index contributed by atoms with van der Waals surface area (Å²) in [5.41, 5.74) is 3.60. The van der Waals surface area contributed by atoms with Gasteiger partial charge in [-0.1, -0.05) is 0 Å². The molecule has 1 rings (SSSR count). The van der Waals surface area contributed by atoms with E-state index in [9.17, 15) is 0 Å². The minimum atomic E-state index is 0.178. The number of hydrogen-bond acceptors (Lipinski definition) is 3. The Morgan fingerprint density at radius 1 is 1.67 bits per heavy atom. The van der Waals surface area contributed by atoms with Crippen LogP contribution in [0.1, 0.15) is 6.42 Å². The van der Waals surface area contributed by atoms with Crippen molar-refractivity contribution in [3.8, 4) is 0 Å². The number of aliphatic hydroxyl groups excluding tert-OH is 1. The Bertz CT molecular complexity index is 140. The molecule has 0 aromatic rings. The number of hydrogen-bond donors (Lipinski definition) is 2. The monoisotopic (exact) mass is 127 g/mol. The summed E-state index contributed by atoms with van der Waals surface area (Å²) >= 11 is 0. The Kier molecular flexibility index (Phi) is 2.15. The van der Waals surface area contributed by atoms with Crippen molar-refractivity contribution in [1.82, 2.24) is 5.48 Å². The normalized spacial score (nSPS) is 15.9.